The Kier molecular flexibility index (Phi) is 10.9. The van der Waals surface area contributed by atoms with Gasteiger partial charge in [-0.15, -0.1) is 0 Å². The van der Waals surface area contributed by atoms with Crippen molar-refractivity contribution >= 4 is 11.4 Å². The van der Waals surface area contributed by atoms with Crippen LogP contribution in [0.2, 0.25) is 0 Å². The third-order valence-corrected chi connectivity index (χ3v) is 6.33. The van der Waals surface area contributed by atoms with Gasteiger partial charge in [0, 0.05) is 11.4 Å². The van der Waals surface area contributed by atoms with Crippen LogP contribution in [0.4, 0.5) is 11.4 Å². The maximum atomic E-state index is 3.56. The van der Waals surface area contributed by atoms with Crippen molar-refractivity contribution in [1.29, 1.82) is 0 Å². The highest BCUT2D eigenvalue weighted by Gasteiger charge is 2.08. The molecule has 0 saturated carbocycles. The first-order valence-corrected chi connectivity index (χ1v) is 12.1. The van der Waals surface area contributed by atoms with Gasteiger partial charge in [0.1, 0.15) is 0 Å². The molecule has 0 amide bonds. The van der Waals surface area contributed by atoms with E-state index in [0.29, 0.717) is 0 Å². The molecule has 2 rings (SSSR count). The Bertz CT molecular complexity index is 596. The zero-order valence-electron chi connectivity index (χ0n) is 19.3. The first kappa shape index (κ1) is 23.5. The van der Waals surface area contributed by atoms with Gasteiger partial charge in [0.2, 0.25) is 0 Å². The third kappa shape index (κ3) is 8.64. The molecule has 0 radical (unpaired) electrons. The monoisotopic (exact) mass is 393 g/mol. The molecule has 2 aromatic rings. The Morgan fingerprint density at radius 1 is 0.586 bits per heavy atom. The molecule has 160 valence electrons. The molecular formula is C28H43N. The van der Waals surface area contributed by atoms with E-state index in [-0.39, 0.29) is 0 Å². The van der Waals surface area contributed by atoms with Crippen molar-refractivity contribution in [3.8, 4) is 0 Å². The summed E-state index contributed by atoms with van der Waals surface area (Å²) in [7, 11) is 0. The molecule has 0 saturated heterocycles. The normalized spacial score (nSPS) is 13.2. The van der Waals surface area contributed by atoms with E-state index in [1.165, 1.54) is 86.7 Å². The van der Waals surface area contributed by atoms with Gasteiger partial charge < -0.3 is 5.32 Å². The van der Waals surface area contributed by atoms with E-state index in [9.17, 15) is 0 Å². The Morgan fingerprint density at radius 2 is 0.966 bits per heavy atom. The first-order chi connectivity index (χ1) is 14.2. The summed E-state index contributed by atoms with van der Waals surface area (Å²) in [5.74, 6) is 1.65. The highest BCUT2D eigenvalue weighted by atomic mass is 14.9. The van der Waals surface area contributed by atoms with Crippen LogP contribution >= 0.6 is 0 Å². The lowest BCUT2D eigenvalue weighted by atomic mass is 9.92. The minimum absolute atomic E-state index is 0.825. The quantitative estimate of drug-likeness (QED) is 0.338. The van der Waals surface area contributed by atoms with Gasteiger partial charge in [-0.25, -0.2) is 0 Å². The Hall–Kier alpha value is -1.76. The lowest BCUT2D eigenvalue weighted by Crippen LogP contribution is -2.04. The van der Waals surface area contributed by atoms with Crippen molar-refractivity contribution in [2.45, 2.75) is 91.9 Å². The summed E-state index contributed by atoms with van der Waals surface area (Å²) in [4.78, 5) is 0. The minimum Gasteiger partial charge on any atom is -0.356 e. The molecule has 0 aliphatic rings. The molecule has 0 aromatic heterocycles. The van der Waals surface area contributed by atoms with E-state index in [1.54, 1.807) is 0 Å². The maximum absolute atomic E-state index is 3.56. The number of unbranched alkanes of at least 4 members (excludes halogenated alkanes) is 2. The average molecular weight is 394 g/mol. The van der Waals surface area contributed by atoms with Crippen LogP contribution in [0.3, 0.4) is 0 Å². The second kappa shape index (κ2) is 13.5. The number of anilines is 2. The lowest BCUT2D eigenvalue weighted by molar-refractivity contribution is 0.449. The number of benzene rings is 2. The van der Waals surface area contributed by atoms with Gasteiger partial charge in [-0.2, -0.15) is 0 Å². The molecule has 29 heavy (non-hydrogen) atoms. The zero-order valence-corrected chi connectivity index (χ0v) is 19.3. The molecular weight excluding hydrogens is 350 g/mol. The van der Waals surface area contributed by atoms with Gasteiger partial charge in [-0.3, -0.25) is 0 Å². The van der Waals surface area contributed by atoms with E-state index in [1.807, 2.05) is 0 Å². The standard InChI is InChI=1S/C28H43N/c1-5-9-11-23(7-3)21-25-13-17-27(18-14-25)29-28-19-15-26(16-20-28)22-24(8-4)12-10-6-2/h13-20,23-24,29H,5-12,21-22H2,1-4H3. The van der Waals surface area contributed by atoms with Crippen LogP contribution in [0.15, 0.2) is 48.5 Å². The van der Waals surface area contributed by atoms with Crippen molar-refractivity contribution in [2.75, 3.05) is 5.32 Å². The summed E-state index contributed by atoms with van der Waals surface area (Å²) in [5, 5.41) is 3.56. The molecule has 2 atom stereocenters. The van der Waals surface area contributed by atoms with E-state index in [0.717, 1.165) is 11.8 Å². The van der Waals surface area contributed by atoms with Gasteiger partial charge >= 0.3 is 0 Å². The molecule has 1 nitrogen and oxygen atoms in total. The summed E-state index contributed by atoms with van der Waals surface area (Å²) >= 11 is 0. The van der Waals surface area contributed by atoms with Gasteiger partial charge in [-0.1, -0.05) is 103 Å². The SMILES string of the molecule is CCCCC(CC)Cc1ccc(Nc2ccc(CC(CC)CCCC)cc2)cc1. The molecule has 0 bridgehead atoms. The molecule has 1 N–H and O–H groups in total. The summed E-state index contributed by atoms with van der Waals surface area (Å²) in [5.41, 5.74) is 5.29. The second-order valence-electron chi connectivity index (χ2n) is 8.76. The van der Waals surface area contributed by atoms with E-state index >= 15 is 0 Å². The molecule has 0 aliphatic heterocycles. The maximum Gasteiger partial charge on any atom is 0.0384 e. The third-order valence-electron chi connectivity index (χ3n) is 6.33. The van der Waals surface area contributed by atoms with Crippen molar-refractivity contribution in [2.24, 2.45) is 11.8 Å². The number of hydrogen-bond donors (Lipinski definition) is 1. The van der Waals surface area contributed by atoms with Crippen LogP contribution in [0.25, 0.3) is 0 Å². The fraction of sp³-hybridized carbons (Fsp3) is 0.571. The second-order valence-corrected chi connectivity index (χ2v) is 8.76. The van der Waals surface area contributed by atoms with Crippen LogP contribution in [-0.2, 0) is 12.8 Å². The van der Waals surface area contributed by atoms with Gasteiger partial charge in [-0.05, 0) is 60.1 Å². The number of hydrogen-bond acceptors (Lipinski definition) is 1. The summed E-state index contributed by atoms with van der Waals surface area (Å²) in [6.07, 6.45) is 13.0. The molecule has 0 fully saturated rings. The highest BCUT2D eigenvalue weighted by Crippen LogP contribution is 2.23. The Balaban J connectivity index is 1.88. The molecule has 0 heterocycles. The molecule has 0 aliphatic carbocycles. The number of nitrogens with one attached hydrogen (secondary N) is 1. The minimum atomic E-state index is 0.825. The predicted molar refractivity (Wildman–Crippen MR) is 130 cm³/mol. The van der Waals surface area contributed by atoms with Crippen LogP contribution in [0.1, 0.15) is 90.2 Å². The highest BCUT2D eigenvalue weighted by molar-refractivity contribution is 5.60. The van der Waals surface area contributed by atoms with Crippen LogP contribution < -0.4 is 5.32 Å². The number of rotatable bonds is 14. The van der Waals surface area contributed by atoms with Crippen molar-refractivity contribution in [3.05, 3.63) is 59.7 Å². The average Bonchev–Trinajstić information content (AvgIpc) is 2.76. The molecule has 0 spiro atoms. The van der Waals surface area contributed by atoms with Crippen LogP contribution in [0.5, 0.6) is 0 Å². The van der Waals surface area contributed by atoms with Gasteiger partial charge in [0.15, 0.2) is 0 Å². The Labute approximate surface area is 180 Å². The topological polar surface area (TPSA) is 12.0 Å². The predicted octanol–water partition coefficient (Wildman–Crippen LogP) is 8.95. The van der Waals surface area contributed by atoms with E-state index in [4.69, 9.17) is 0 Å². The lowest BCUT2D eigenvalue weighted by Gasteiger charge is -2.16. The fourth-order valence-corrected chi connectivity index (χ4v) is 4.17. The van der Waals surface area contributed by atoms with E-state index in [2.05, 4.69) is 81.5 Å². The van der Waals surface area contributed by atoms with Crippen molar-refractivity contribution < 1.29 is 0 Å². The summed E-state index contributed by atoms with van der Waals surface area (Å²) < 4.78 is 0. The smallest absolute Gasteiger partial charge is 0.0384 e. The van der Waals surface area contributed by atoms with Crippen molar-refractivity contribution in [3.63, 3.8) is 0 Å². The first-order valence-electron chi connectivity index (χ1n) is 12.1. The molecule has 1 heteroatoms. The van der Waals surface area contributed by atoms with Crippen molar-refractivity contribution in [1.82, 2.24) is 0 Å². The van der Waals surface area contributed by atoms with Gasteiger partial charge in [0.25, 0.3) is 0 Å². The van der Waals surface area contributed by atoms with Crippen LogP contribution in [0, 0.1) is 11.8 Å². The largest absolute Gasteiger partial charge is 0.356 e. The summed E-state index contributed by atoms with van der Waals surface area (Å²) in [6.45, 7) is 9.22. The van der Waals surface area contributed by atoms with E-state index < -0.39 is 0 Å². The fourth-order valence-electron chi connectivity index (χ4n) is 4.17. The van der Waals surface area contributed by atoms with Gasteiger partial charge in [0.05, 0.1) is 0 Å². The Morgan fingerprint density at radius 3 is 1.28 bits per heavy atom. The molecule has 2 unspecified atom stereocenters. The summed E-state index contributed by atoms with van der Waals surface area (Å²) in [6, 6.07) is 18.1. The zero-order chi connectivity index (χ0) is 20.9. The molecule has 2 aromatic carbocycles. The van der Waals surface area contributed by atoms with Crippen LogP contribution in [-0.4, -0.2) is 0 Å².